The normalized spacial score (nSPS) is 16.0. The van der Waals surface area contributed by atoms with Crippen molar-refractivity contribution in [1.82, 2.24) is 9.97 Å². The second kappa shape index (κ2) is 8.20. The second-order valence-electron chi connectivity index (χ2n) is 6.12. The van der Waals surface area contributed by atoms with Gasteiger partial charge in [0, 0.05) is 25.2 Å². The number of hydrogen-bond donors (Lipinski definition) is 1. The molecule has 0 radical (unpaired) electrons. The van der Waals surface area contributed by atoms with E-state index in [4.69, 9.17) is 0 Å². The molecule has 0 aromatic carbocycles. The first-order valence-electron chi connectivity index (χ1n) is 8.60. The molecule has 4 heteroatoms. The molecule has 4 nitrogen and oxygen atoms in total. The van der Waals surface area contributed by atoms with Gasteiger partial charge in [-0.15, -0.1) is 0 Å². The Morgan fingerprint density at radius 3 is 2.38 bits per heavy atom. The average Bonchev–Trinajstić information content (AvgIpc) is 2.47. The van der Waals surface area contributed by atoms with Crippen LogP contribution in [0.2, 0.25) is 0 Å². The average molecular weight is 290 g/mol. The van der Waals surface area contributed by atoms with Gasteiger partial charge in [-0.05, 0) is 32.6 Å². The predicted octanol–water partition coefficient (Wildman–Crippen LogP) is 4.16. The largest absolute Gasteiger partial charge is 0.367 e. The van der Waals surface area contributed by atoms with Crippen LogP contribution < -0.4 is 10.2 Å². The molecule has 1 fully saturated rings. The minimum Gasteiger partial charge on any atom is -0.367 e. The minimum atomic E-state index is 0.590. The van der Waals surface area contributed by atoms with Crippen molar-refractivity contribution in [3.05, 3.63) is 11.9 Å². The van der Waals surface area contributed by atoms with Crippen LogP contribution in [0.3, 0.4) is 0 Å². The molecule has 1 aliphatic carbocycles. The maximum Gasteiger partial charge on any atom is 0.134 e. The van der Waals surface area contributed by atoms with Crippen LogP contribution in [-0.4, -0.2) is 29.1 Å². The van der Waals surface area contributed by atoms with Crippen LogP contribution >= 0.6 is 0 Å². The third-order valence-corrected chi connectivity index (χ3v) is 4.09. The lowest BCUT2D eigenvalue weighted by Crippen LogP contribution is -2.27. The van der Waals surface area contributed by atoms with Crippen molar-refractivity contribution in [2.75, 3.05) is 23.3 Å². The van der Waals surface area contributed by atoms with E-state index in [-0.39, 0.29) is 0 Å². The van der Waals surface area contributed by atoms with Gasteiger partial charge in [0.2, 0.25) is 0 Å². The van der Waals surface area contributed by atoms with Crippen molar-refractivity contribution in [2.45, 2.75) is 71.8 Å². The summed E-state index contributed by atoms with van der Waals surface area (Å²) >= 11 is 0. The van der Waals surface area contributed by atoms with E-state index >= 15 is 0 Å². The number of anilines is 2. The van der Waals surface area contributed by atoms with Gasteiger partial charge >= 0.3 is 0 Å². The molecule has 0 amide bonds. The van der Waals surface area contributed by atoms with Gasteiger partial charge in [-0.1, -0.05) is 33.1 Å². The SMILES string of the molecule is CCCN(CCC)c1cc(NC2CCCCC2)nc(C)n1. The summed E-state index contributed by atoms with van der Waals surface area (Å²) in [6.07, 6.45) is 8.90. The van der Waals surface area contributed by atoms with Crippen molar-refractivity contribution >= 4 is 11.6 Å². The van der Waals surface area contributed by atoms with Gasteiger partial charge in [-0.25, -0.2) is 9.97 Å². The quantitative estimate of drug-likeness (QED) is 0.819. The Morgan fingerprint density at radius 2 is 1.76 bits per heavy atom. The number of aryl methyl sites for hydroxylation is 1. The summed E-state index contributed by atoms with van der Waals surface area (Å²) in [7, 11) is 0. The van der Waals surface area contributed by atoms with E-state index in [1.807, 2.05) is 6.92 Å². The highest BCUT2D eigenvalue weighted by Gasteiger charge is 2.15. The molecule has 1 aromatic heterocycles. The first-order chi connectivity index (χ1) is 10.2. The van der Waals surface area contributed by atoms with Crippen molar-refractivity contribution < 1.29 is 0 Å². The Morgan fingerprint density at radius 1 is 1.10 bits per heavy atom. The molecule has 1 aromatic rings. The molecular weight excluding hydrogens is 260 g/mol. The van der Waals surface area contributed by atoms with Crippen LogP contribution in [0.4, 0.5) is 11.6 Å². The van der Waals surface area contributed by atoms with Crippen molar-refractivity contribution in [3.8, 4) is 0 Å². The Kier molecular flexibility index (Phi) is 6.27. The van der Waals surface area contributed by atoms with E-state index < -0.39 is 0 Å². The molecule has 0 spiro atoms. The van der Waals surface area contributed by atoms with Crippen LogP contribution in [0.1, 0.15) is 64.6 Å². The summed E-state index contributed by atoms with van der Waals surface area (Å²) in [5, 5.41) is 3.62. The molecule has 0 atom stereocenters. The van der Waals surface area contributed by atoms with Gasteiger partial charge in [-0.2, -0.15) is 0 Å². The van der Waals surface area contributed by atoms with Crippen LogP contribution in [0.15, 0.2) is 6.07 Å². The number of hydrogen-bond acceptors (Lipinski definition) is 4. The van der Waals surface area contributed by atoms with E-state index in [2.05, 4.69) is 40.1 Å². The maximum absolute atomic E-state index is 4.64. The molecule has 1 saturated carbocycles. The summed E-state index contributed by atoms with van der Waals surface area (Å²) in [6, 6.07) is 2.72. The van der Waals surface area contributed by atoms with E-state index in [1.54, 1.807) is 0 Å². The number of rotatable bonds is 7. The zero-order chi connectivity index (χ0) is 15.1. The summed E-state index contributed by atoms with van der Waals surface area (Å²) in [5.41, 5.74) is 0. The predicted molar refractivity (Wildman–Crippen MR) is 90.1 cm³/mol. The van der Waals surface area contributed by atoms with Crippen LogP contribution in [0, 0.1) is 6.92 Å². The lowest BCUT2D eigenvalue weighted by Gasteiger charge is -2.26. The van der Waals surface area contributed by atoms with Crippen LogP contribution in [0.25, 0.3) is 0 Å². The molecule has 1 N–H and O–H groups in total. The molecule has 21 heavy (non-hydrogen) atoms. The maximum atomic E-state index is 4.64. The molecular formula is C17H30N4. The molecule has 0 saturated heterocycles. The minimum absolute atomic E-state index is 0.590. The van der Waals surface area contributed by atoms with E-state index in [1.165, 1.54) is 32.1 Å². The van der Waals surface area contributed by atoms with Crippen molar-refractivity contribution in [3.63, 3.8) is 0 Å². The first kappa shape index (κ1) is 16.1. The Balaban J connectivity index is 2.10. The number of nitrogens with zero attached hydrogens (tertiary/aromatic N) is 3. The third-order valence-electron chi connectivity index (χ3n) is 4.09. The Bertz CT molecular complexity index is 421. The lowest BCUT2D eigenvalue weighted by atomic mass is 9.95. The fraction of sp³-hybridized carbons (Fsp3) is 0.765. The Hall–Kier alpha value is -1.32. The fourth-order valence-corrected chi connectivity index (χ4v) is 3.12. The number of aromatic nitrogens is 2. The molecule has 0 aliphatic heterocycles. The van der Waals surface area contributed by atoms with Crippen molar-refractivity contribution in [1.29, 1.82) is 0 Å². The fourth-order valence-electron chi connectivity index (χ4n) is 3.12. The first-order valence-corrected chi connectivity index (χ1v) is 8.60. The molecule has 118 valence electrons. The van der Waals surface area contributed by atoms with Gasteiger partial charge < -0.3 is 10.2 Å². The lowest BCUT2D eigenvalue weighted by molar-refractivity contribution is 0.461. The monoisotopic (exact) mass is 290 g/mol. The highest BCUT2D eigenvalue weighted by Crippen LogP contribution is 2.23. The highest BCUT2D eigenvalue weighted by molar-refractivity contribution is 5.49. The summed E-state index contributed by atoms with van der Waals surface area (Å²) in [6.45, 7) is 8.56. The summed E-state index contributed by atoms with van der Waals surface area (Å²) in [5.74, 6) is 2.94. The van der Waals surface area contributed by atoms with Crippen LogP contribution in [-0.2, 0) is 0 Å². The summed E-state index contributed by atoms with van der Waals surface area (Å²) < 4.78 is 0. The van der Waals surface area contributed by atoms with Crippen molar-refractivity contribution in [2.24, 2.45) is 0 Å². The Labute approximate surface area is 129 Å². The topological polar surface area (TPSA) is 41.0 Å². The highest BCUT2D eigenvalue weighted by atomic mass is 15.2. The van der Waals surface area contributed by atoms with E-state index in [9.17, 15) is 0 Å². The smallest absolute Gasteiger partial charge is 0.134 e. The summed E-state index contributed by atoms with van der Waals surface area (Å²) in [4.78, 5) is 11.6. The van der Waals surface area contributed by atoms with Gasteiger partial charge in [0.15, 0.2) is 0 Å². The zero-order valence-electron chi connectivity index (χ0n) is 13.9. The van der Waals surface area contributed by atoms with Crippen LogP contribution in [0.5, 0.6) is 0 Å². The molecule has 0 bridgehead atoms. The molecule has 2 rings (SSSR count). The van der Waals surface area contributed by atoms with Gasteiger partial charge in [0.25, 0.3) is 0 Å². The molecule has 1 aliphatic rings. The zero-order valence-corrected chi connectivity index (χ0v) is 13.9. The van der Waals surface area contributed by atoms with E-state index in [0.29, 0.717) is 6.04 Å². The second-order valence-corrected chi connectivity index (χ2v) is 6.12. The molecule has 0 unspecified atom stereocenters. The molecule has 1 heterocycles. The van der Waals surface area contributed by atoms with Gasteiger partial charge in [-0.3, -0.25) is 0 Å². The van der Waals surface area contributed by atoms with E-state index in [0.717, 1.165) is 43.4 Å². The van der Waals surface area contributed by atoms with Gasteiger partial charge in [0.05, 0.1) is 0 Å². The standard InChI is InChI=1S/C17H30N4/c1-4-11-21(12-5-2)17-13-16(18-14(3)19-17)20-15-9-7-6-8-10-15/h13,15H,4-12H2,1-3H3,(H,18,19,20). The third kappa shape index (κ3) is 4.87. The van der Waals surface area contributed by atoms with Gasteiger partial charge in [0.1, 0.15) is 17.5 Å². The number of nitrogens with one attached hydrogen (secondary N) is 1.